The molecule has 18 heavy (non-hydrogen) atoms. The maximum atomic E-state index is 6.02. The third-order valence-corrected chi connectivity index (χ3v) is 3.94. The van der Waals surface area contributed by atoms with Crippen LogP contribution in [0.5, 0.6) is 11.5 Å². The van der Waals surface area contributed by atoms with Crippen molar-refractivity contribution in [1.82, 2.24) is 0 Å². The smallest absolute Gasteiger partial charge is 0.147 e. The van der Waals surface area contributed by atoms with E-state index in [1.807, 2.05) is 0 Å². The molecule has 0 aliphatic heterocycles. The minimum Gasteiger partial charge on any atom is -0.454 e. The zero-order chi connectivity index (χ0) is 13.3. The predicted molar refractivity (Wildman–Crippen MR) is 78.0 cm³/mol. The van der Waals surface area contributed by atoms with E-state index in [0.29, 0.717) is 26.6 Å². The molecule has 0 spiro atoms. The van der Waals surface area contributed by atoms with Crippen molar-refractivity contribution in [3.8, 4) is 11.5 Å². The highest BCUT2D eigenvalue weighted by molar-refractivity contribution is 6.48. The number of hydrogen-bond acceptors (Lipinski definition) is 1. The number of halogens is 5. The molecule has 94 valence electrons. The van der Waals surface area contributed by atoms with Gasteiger partial charge in [-0.25, -0.2) is 0 Å². The molecule has 2 aromatic rings. The Hall–Kier alpha value is -0.310. The van der Waals surface area contributed by atoms with E-state index in [4.69, 9.17) is 62.7 Å². The fourth-order valence-electron chi connectivity index (χ4n) is 1.26. The predicted octanol–water partition coefficient (Wildman–Crippen LogP) is 6.75. The molecule has 0 fully saturated rings. The Labute approximate surface area is 129 Å². The quantitative estimate of drug-likeness (QED) is 0.549. The average molecular weight is 342 g/mol. The topological polar surface area (TPSA) is 9.23 Å². The number of benzene rings is 2. The average Bonchev–Trinajstić information content (AvgIpc) is 2.34. The normalized spacial score (nSPS) is 10.5. The van der Waals surface area contributed by atoms with Gasteiger partial charge in [-0.2, -0.15) is 0 Å². The highest BCUT2D eigenvalue weighted by atomic mass is 35.5. The standard InChI is InChI=1S/C12H5Cl5O/c13-6-1-2-7(14)10(5-6)18-9-4-3-8(15)11(16)12(9)17/h1-5H. The second kappa shape index (κ2) is 5.77. The van der Waals surface area contributed by atoms with Crippen LogP contribution in [-0.4, -0.2) is 0 Å². The molecule has 0 N–H and O–H groups in total. The maximum Gasteiger partial charge on any atom is 0.147 e. The van der Waals surface area contributed by atoms with Gasteiger partial charge in [0.1, 0.15) is 16.5 Å². The van der Waals surface area contributed by atoms with Crippen molar-refractivity contribution in [2.24, 2.45) is 0 Å². The van der Waals surface area contributed by atoms with E-state index < -0.39 is 0 Å². The fourth-order valence-corrected chi connectivity index (χ4v) is 2.14. The lowest BCUT2D eigenvalue weighted by molar-refractivity contribution is 0.483. The van der Waals surface area contributed by atoms with E-state index in [2.05, 4.69) is 0 Å². The van der Waals surface area contributed by atoms with Crippen molar-refractivity contribution < 1.29 is 4.74 Å². The van der Waals surface area contributed by atoms with E-state index in [0.717, 1.165) is 0 Å². The van der Waals surface area contributed by atoms with Gasteiger partial charge >= 0.3 is 0 Å². The molecule has 0 amide bonds. The molecule has 0 saturated carbocycles. The molecule has 0 atom stereocenters. The van der Waals surface area contributed by atoms with Crippen molar-refractivity contribution >= 4 is 58.0 Å². The Balaban J connectivity index is 2.40. The van der Waals surface area contributed by atoms with E-state index in [1.54, 1.807) is 30.3 Å². The lowest BCUT2D eigenvalue weighted by Gasteiger charge is -2.10. The molecular weight excluding hydrogens is 337 g/mol. The van der Waals surface area contributed by atoms with Gasteiger partial charge in [-0.15, -0.1) is 0 Å². The summed E-state index contributed by atoms with van der Waals surface area (Å²) in [5.74, 6) is 0.750. The summed E-state index contributed by atoms with van der Waals surface area (Å²) in [6, 6.07) is 8.07. The van der Waals surface area contributed by atoms with Gasteiger partial charge in [-0.1, -0.05) is 58.0 Å². The SMILES string of the molecule is Clc1ccc(Cl)c(Oc2ccc(Cl)c(Cl)c2Cl)c1. The van der Waals surface area contributed by atoms with Crippen molar-refractivity contribution in [2.45, 2.75) is 0 Å². The molecular formula is C12H5Cl5O. The lowest BCUT2D eigenvalue weighted by Crippen LogP contribution is -1.87. The third kappa shape index (κ3) is 2.98. The molecule has 6 heteroatoms. The second-order valence-electron chi connectivity index (χ2n) is 3.35. The highest BCUT2D eigenvalue weighted by Gasteiger charge is 2.12. The summed E-state index contributed by atoms with van der Waals surface area (Å²) < 4.78 is 5.57. The molecule has 0 aliphatic rings. The Kier molecular flexibility index (Phi) is 4.52. The molecule has 0 unspecified atom stereocenters. The Bertz CT molecular complexity index is 597. The zero-order valence-electron chi connectivity index (χ0n) is 8.68. The minimum atomic E-state index is 0.222. The van der Waals surface area contributed by atoms with Gasteiger partial charge in [0.15, 0.2) is 0 Å². The van der Waals surface area contributed by atoms with Crippen LogP contribution in [-0.2, 0) is 0 Å². The largest absolute Gasteiger partial charge is 0.454 e. The summed E-state index contributed by atoms with van der Waals surface area (Å²) in [6.07, 6.45) is 0. The Morgan fingerprint density at radius 1 is 0.667 bits per heavy atom. The molecule has 2 aromatic carbocycles. The van der Waals surface area contributed by atoms with Crippen molar-refractivity contribution in [3.05, 3.63) is 55.4 Å². The summed E-state index contributed by atoms with van der Waals surface area (Å²) in [6.45, 7) is 0. The van der Waals surface area contributed by atoms with Crippen LogP contribution in [0.15, 0.2) is 30.3 Å². The first kappa shape index (κ1) is 14.1. The van der Waals surface area contributed by atoms with E-state index in [9.17, 15) is 0 Å². The fraction of sp³-hybridized carbons (Fsp3) is 0. The number of rotatable bonds is 2. The van der Waals surface area contributed by atoms with Crippen LogP contribution >= 0.6 is 58.0 Å². The van der Waals surface area contributed by atoms with E-state index in [-0.39, 0.29) is 10.0 Å². The van der Waals surface area contributed by atoms with Crippen molar-refractivity contribution in [3.63, 3.8) is 0 Å². The van der Waals surface area contributed by atoms with Crippen LogP contribution in [0.2, 0.25) is 25.1 Å². The monoisotopic (exact) mass is 340 g/mol. The van der Waals surface area contributed by atoms with Gasteiger partial charge < -0.3 is 4.74 Å². The van der Waals surface area contributed by atoms with E-state index in [1.165, 1.54) is 0 Å². The molecule has 0 saturated heterocycles. The summed E-state index contributed by atoms with van der Waals surface area (Å²) in [5, 5.41) is 1.73. The number of hydrogen-bond donors (Lipinski definition) is 0. The molecule has 0 radical (unpaired) electrons. The van der Waals surface area contributed by atoms with Crippen LogP contribution in [0.4, 0.5) is 0 Å². The second-order valence-corrected chi connectivity index (χ2v) is 5.36. The zero-order valence-corrected chi connectivity index (χ0v) is 12.5. The molecule has 0 bridgehead atoms. The summed E-state index contributed by atoms with van der Waals surface area (Å²) in [7, 11) is 0. The molecule has 2 rings (SSSR count). The van der Waals surface area contributed by atoms with Gasteiger partial charge in [0.25, 0.3) is 0 Å². The third-order valence-electron chi connectivity index (χ3n) is 2.11. The summed E-state index contributed by atoms with van der Waals surface area (Å²) in [4.78, 5) is 0. The van der Waals surface area contributed by atoms with Crippen molar-refractivity contribution in [1.29, 1.82) is 0 Å². The Morgan fingerprint density at radius 2 is 1.33 bits per heavy atom. The van der Waals surface area contributed by atoms with Gasteiger partial charge in [0.2, 0.25) is 0 Å². The highest BCUT2D eigenvalue weighted by Crippen LogP contribution is 2.40. The first-order chi connectivity index (χ1) is 8.49. The Morgan fingerprint density at radius 3 is 2.06 bits per heavy atom. The summed E-state index contributed by atoms with van der Waals surface area (Å²) in [5.41, 5.74) is 0. The van der Waals surface area contributed by atoms with Crippen LogP contribution in [0, 0.1) is 0 Å². The summed E-state index contributed by atoms with van der Waals surface area (Å²) >= 11 is 29.6. The van der Waals surface area contributed by atoms with Crippen LogP contribution in [0.3, 0.4) is 0 Å². The lowest BCUT2D eigenvalue weighted by atomic mass is 10.3. The van der Waals surface area contributed by atoms with Crippen LogP contribution < -0.4 is 4.74 Å². The number of ether oxygens (including phenoxy) is 1. The maximum absolute atomic E-state index is 6.02. The van der Waals surface area contributed by atoms with Gasteiger partial charge in [0.05, 0.1) is 15.1 Å². The molecule has 1 nitrogen and oxygen atoms in total. The molecule has 0 aromatic heterocycles. The molecule has 0 heterocycles. The van der Waals surface area contributed by atoms with Gasteiger partial charge in [0, 0.05) is 11.1 Å². The minimum absolute atomic E-state index is 0.222. The van der Waals surface area contributed by atoms with Crippen LogP contribution in [0.25, 0.3) is 0 Å². The van der Waals surface area contributed by atoms with Crippen LogP contribution in [0.1, 0.15) is 0 Å². The van der Waals surface area contributed by atoms with Gasteiger partial charge in [-0.3, -0.25) is 0 Å². The van der Waals surface area contributed by atoms with E-state index >= 15 is 0 Å². The molecule has 0 aliphatic carbocycles. The van der Waals surface area contributed by atoms with Crippen molar-refractivity contribution in [2.75, 3.05) is 0 Å². The first-order valence-electron chi connectivity index (χ1n) is 4.75. The first-order valence-corrected chi connectivity index (χ1v) is 6.64. The van der Waals surface area contributed by atoms with Gasteiger partial charge in [-0.05, 0) is 24.3 Å².